The molecule has 0 fully saturated rings. The summed E-state index contributed by atoms with van der Waals surface area (Å²) in [5, 5.41) is 2.79. The Morgan fingerprint density at radius 2 is 1.54 bits per heavy atom. The average molecular weight is 329 g/mol. The van der Waals surface area contributed by atoms with Gasteiger partial charge in [0, 0.05) is 11.3 Å². The van der Waals surface area contributed by atoms with E-state index in [0.29, 0.717) is 28.3 Å². The molecule has 6 heteroatoms. The van der Waals surface area contributed by atoms with Crippen molar-refractivity contribution >= 4 is 17.6 Å². The molecule has 0 radical (unpaired) electrons. The average Bonchev–Trinajstić information content (AvgIpc) is 2.62. The van der Waals surface area contributed by atoms with Crippen LogP contribution >= 0.6 is 0 Å². The minimum absolute atomic E-state index is 0.318. The number of anilines is 1. The molecule has 24 heavy (non-hydrogen) atoms. The molecular formula is C18H19NO5. The van der Waals surface area contributed by atoms with E-state index in [4.69, 9.17) is 14.2 Å². The van der Waals surface area contributed by atoms with E-state index in [2.05, 4.69) is 5.32 Å². The van der Waals surface area contributed by atoms with Crippen LogP contribution in [0.15, 0.2) is 36.4 Å². The number of rotatable bonds is 5. The van der Waals surface area contributed by atoms with Crippen LogP contribution in [0.1, 0.15) is 26.3 Å². The summed E-state index contributed by atoms with van der Waals surface area (Å²) in [7, 11) is 4.34. The zero-order valence-corrected chi connectivity index (χ0v) is 14.0. The predicted octanol–water partition coefficient (Wildman–Crippen LogP) is 3.05. The number of esters is 1. The van der Waals surface area contributed by atoms with Crippen molar-refractivity contribution in [2.24, 2.45) is 0 Å². The van der Waals surface area contributed by atoms with Crippen molar-refractivity contribution in [1.29, 1.82) is 0 Å². The smallest absolute Gasteiger partial charge is 0.337 e. The summed E-state index contributed by atoms with van der Waals surface area (Å²) in [5.74, 6) is 0.223. The fourth-order valence-corrected chi connectivity index (χ4v) is 2.17. The molecule has 0 aliphatic heterocycles. The summed E-state index contributed by atoms with van der Waals surface area (Å²) in [5.41, 5.74) is 2.15. The van der Waals surface area contributed by atoms with Gasteiger partial charge in [0.25, 0.3) is 5.91 Å². The zero-order valence-electron chi connectivity index (χ0n) is 14.0. The Morgan fingerprint density at radius 3 is 2.17 bits per heavy atom. The van der Waals surface area contributed by atoms with Crippen LogP contribution in [0.3, 0.4) is 0 Å². The molecule has 126 valence electrons. The summed E-state index contributed by atoms with van der Waals surface area (Å²) in [4.78, 5) is 24.1. The van der Waals surface area contributed by atoms with E-state index < -0.39 is 5.97 Å². The number of carbonyl (C=O) groups is 2. The lowest BCUT2D eigenvalue weighted by molar-refractivity contribution is 0.0600. The number of amides is 1. The molecule has 0 unspecified atom stereocenters. The van der Waals surface area contributed by atoms with Gasteiger partial charge in [0.15, 0.2) is 11.5 Å². The highest BCUT2D eigenvalue weighted by Crippen LogP contribution is 2.28. The molecule has 6 nitrogen and oxygen atoms in total. The zero-order chi connectivity index (χ0) is 17.7. The maximum atomic E-state index is 12.5. The monoisotopic (exact) mass is 329 g/mol. The van der Waals surface area contributed by atoms with Crippen LogP contribution in [0.4, 0.5) is 5.69 Å². The molecule has 2 aromatic carbocycles. The second-order valence-electron chi connectivity index (χ2n) is 5.05. The number of nitrogens with one attached hydrogen (secondary N) is 1. The van der Waals surface area contributed by atoms with Crippen LogP contribution in [0.25, 0.3) is 0 Å². The van der Waals surface area contributed by atoms with Gasteiger partial charge in [-0.15, -0.1) is 0 Å². The van der Waals surface area contributed by atoms with Crippen LogP contribution in [-0.4, -0.2) is 33.2 Å². The van der Waals surface area contributed by atoms with Gasteiger partial charge in [-0.05, 0) is 42.8 Å². The molecule has 0 saturated carbocycles. The standard InChI is InChI=1S/C18H19NO5/c1-11-5-6-13(18(21)24-4)9-14(11)19-17(20)12-7-8-15(22-2)16(10-12)23-3/h5-10H,1-4H3,(H,19,20). The normalized spacial score (nSPS) is 10.0. The van der Waals surface area contributed by atoms with Gasteiger partial charge < -0.3 is 19.5 Å². The van der Waals surface area contributed by atoms with Gasteiger partial charge in [-0.3, -0.25) is 4.79 Å². The topological polar surface area (TPSA) is 73.9 Å². The molecule has 1 N–H and O–H groups in total. The minimum atomic E-state index is -0.461. The second kappa shape index (κ2) is 7.50. The van der Waals surface area contributed by atoms with Crippen molar-refractivity contribution in [3.8, 4) is 11.5 Å². The van der Waals surface area contributed by atoms with Crippen LogP contribution < -0.4 is 14.8 Å². The van der Waals surface area contributed by atoms with Crippen molar-refractivity contribution in [3.05, 3.63) is 53.1 Å². The second-order valence-corrected chi connectivity index (χ2v) is 5.05. The summed E-state index contributed by atoms with van der Waals surface area (Å²) < 4.78 is 15.0. The molecule has 0 aliphatic carbocycles. The Kier molecular flexibility index (Phi) is 5.42. The van der Waals surface area contributed by atoms with Gasteiger partial charge in [-0.25, -0.2) is 4.79 Å². The number of ether oxygens (including phenoxy) is 3. The quantitative estimate of drug-likeness (QED) is 0.854. The highest BCUT2D eigenvalue weighted by molar-refractivity contribution is 6.05. The maximum Gasteiger partial charge on any atom is 0.337 e. The number of hydrogen-bond acceptors (Lipinski definition) is 5. The van der Waals surface area contributed by atoms with E-state index in [0.717, 1.165) is 5.56 Å². The first-order chi connectivity index (χ1) is 11.5. The molecule has 2 rings (SSSR count). The van der Waals surface area contributed by atoms with Crippen LogP contribution in [0.5, 0.6) is 11.5 Å². The SMILES string of the molecule is COC(=O)c1ccc(C)c(NC(=O)c2ccc(OC)c(OC)c2)c1. The predicted molar refractivity (Wildman–Crippen MR) is 90.0 cm³/mol. The first kappa shape index (κ1) is 17.3. The van der Waals surface area contributed by atoms with Crippen LogP contribution in [0.2, 0.25) is 0 Å². The molecule has 0 aliphatic rings. The van der Waals surface area contributed by atoms with E-state index >= 15 is 0 Å². The third kappa shape index (κ3) is 3.65. The Hall–Kier alpha value is -3.02. The number of carbonyl (C=O) groups excluding carboxylic acids is 2. The van der Waals surface area contributed by atoms with Gasteiger partial charge >= 0.3 is 5.97 Å². The Balaban J connectivity index is 2.28. The fraction of sp³-hybridized carbons (Fsp3) is 0.222. The lowest BCUT2D eigenvalue weighted by Gasteiger charge is -2.12. The molecule has 0 saturated heterocycles. The van der Waals surface area contributed by atoms with Crippen molar-refractivity contribution < 1.29 is 23.8 Å². The van der Waals surface area contributed by atoms with Crippen LogP contribution in [0, 0.1) is 6.92 Å². The Labute approximate surface area is 140 Å². The third-order valence-corrected chi connectivity index (χ3v) is 3.55. The number of aryl methyl sites for hydroxylation is 1. The van der Waals surface area contributed by atoms with E-state index in [1.807, 2.05) is 6.92 Å². The number of benzene rings is 2. The van der Waals surface area contributed by atoms with Gasteiger partial charge in [0.1, 0.15) is 0 Å². The van der Waals surface area contributed by atoms with E-state index in [1.165, 1.54) is 21.3 Å². The summed E-state index contributed by atoms with van der Waals surface area (Å²) >= 11 is 0. The number of hydrogen-bond donors (Lipinski definition) is 1. The summed E-state index contributed by atoms with van der Waals surface area (Å²) in [6.45, 7) is 1.84. The van der Waals surface area contributed by atoms with E-state index in [9.17, 15) is 9.59 Å². The largest absolute Gasteiger partial charge is 0.493 e. The Morgan fingerprint density at radius 1 is 0.875 bits per heavy atom. The molecule has 1 amide bonds. The first-order valence-corrected chi connectivity index (χ1v) is 7.22. The first-order valence-electron chi connectivity index (χ1n) is 7.22. The number of methoxy groups -OCH3 is 3. The molecular weight excluding hydrogens is 310 g/mol. The highest BCUT2D eigenvalue weighted by atomic mass is 16.5. The van der Waals surface area contributed by atoms with Crippen molar-refractivity contribution in [2.75, 3.05) is 26.6 Å². The van der Waals surface area contributed by atoms with Gasteiger partial charge in [0.05, 0.1) is 26.9 Å². The van der Waals surface area contributed by atoms with Crippen LogP contribution in [-0.2, 0) is 4.74 Å². The maximum absolute atomic E-state index is 12.5. The van der Waals surface area contributed by atoms with Crippen molar-refractivity contribution in [3.63, 3.8) is 0 Å². The van der Waals surface area contributed by atoms with Gasteiger partial charge in [-0.1, -0.05) is 6.07 Å². The molecule has 0 spiro atoms. The van der Waals surface area contributed by atoms with Gasteiger partial charge in [-0.2, -0.15) is 0 Å². The molecule has 2 aromatic rings. The summed E-state index contributed by atoms with van der Waals surface area (Å²) in [6.07, 6.45) is 0. The van der Waals surface area contributed by atoms with Crippen molar-refractivity contribution in [2.45, 2.75) is 6.92 Å². The van der Waals surface area contributed by atoms with Gasteiger partial charge in [0.2, 0.25) is 0 Å². The minimum Gasteiger partial charge on any atom is -0.493 e. The Bertz CT molecular complexity index is 770. The molecule has 0 heterocycles. The highest BCUT2D eigenvalue weighted by Gasteiger charge is 2.14. The molecule has 0 atom stereocenters. The lowest BCUT2D eigenvalue weighted by Crippen LogP contribution is -2.14. The summed E-state index contributed by atoms with van der Waals surface area (Å²) in [6, 6.07) is 9.86. The van der Waals surface area contributed by atoms with E-state index in [-0.39, 0.29) is 5.91 Å². The van der Waals surface area contributed by atoms with E-state index in [1.54, 1.807) is 36.4 Å². The third-order valence-electron chi connectivity index (χ3n) is 3.55. The molecule has 0 aromatic heterocycles. The van der Waals surface area contributed by atoms with Crippen molar-refractivity contribution in [1.82, 2.24) is 0 Å². The lowest BCUT2D eigenvalue weighted by atomic mass is 10.1. The molecule has 0 bridgehead atoms. The fourth-order valence-electron chi connectivity index (χ4n) is 2.17.